The van der Waals surface area contributed by atoms with Crippen molar-refractivity contribution in [1.29, 1.82) is 0 Å². The number of nitrogens with zero attached hydrogens (tertiary/aromatic N) is 2. The quantitative estimate of drug-likeness (QED) is 0.518. The number of nitrogens with one attached hydrogen (secondary N) is 1. The summed E-state index contributed by atoms with van der Waals surface area (Å²) in [5.41, 5.74) is 4.14. The standard InChI is InChI=1S/C20H14FN3OS/c1-12-2-8-16-17(10-12)26-20(24-16)13-3-6-15(7-4-13)23-19(25)14-5-9-18(21)22-11-14/h2-11H,1H3,(H,23,25)/i21-1. The molecule has 6 heteroatoms. The SMILES string of the molecule is Cc1ccc2nc(-c3ccc(NC(=O)c4ccc([18F])nc4)cc3)sc2c1. The molecule has 0 aliphatic heterocycles. The number of halogens is 1. The zero-order valence-electron chi connectivity index (χ0n) is 13.9. The van der Waals surface area contributed by atoms with Gasteiger partial charge in [0, 0.05) is 17.4 Å². The number of fused-ring (bicyclic) bond motifs is 1. The molecule has 2 heterocycles. The molecule has 0 bridgehead atoms. The molecule has 26 heavy (non-hydrogen) atoms. The van der Waals surface area contributed by atoms with E-state index < -0.39 is 5.95 Å². The average molecular weight is 362 g/mol. The number of carbonyl (C=O) groups is 1. The monoisotopic (exact) mass is 362 g/mol. The highest BCUT2D eigenvalue weighted by atomic mass is 32.1. The summed E-state index contributed by atoms with van der Waals surface area (Å²) in [5, 5.41) is 3.71. The Morgan fingerprint density at radius 2 is 1.88 bits per heavy atom. The van der Waals surface area contributed by atoms with Crippen LogP contribution in [0, 0.1) is 12.9 Å². The molecule has 0 aliphatic rings. The van der Waals surface area contributed by atoms with Crippen LogP contribution >= 0.6 is 11.3 Å². The van der Waals surface area contributed by atoms with Crippen molar-refractivity contribution in [2.45, 2.75) is 6.92 Å². The summed E-state index contributed by atoms with van der Waals surface area (Å²) in [4.78, 5) is 20.3. The molecule has 0 atom stereocenters. The van der Waals surface area contributed by atoms with Crippen molar-refractivity contribution in [3.8, 4) is 10.6 Å². The van der Waals surface area contributed by atoms with Gasteiger partial charge in [0.15, 0.2) is 0 Å². The van der Waals surface area contributed by atoms with Crippen LogP contribution in [0.1, 0.15) is 15.9 Å². The third-order valence-corrected chi connectivity index (χ3v) is 4.99. The lowest BCUT2D eigenvalue weighted by atomic mass is 10.2. The Balaban J connectivity index is 1.54. The number of anilines is 1. The van der Waals surface area contributed by atoms with Gasteiger partial charge in [-0.25, -0.2) is 9.97 Å². The van der Waals surface area contributed by atoms with E-state index in [1.807, 2.05) is 30.3 Å². The molecule has 0 saturated heterocycles. The van der Waals surface area contributed by atoms with Crippen LogP contribution < -0.4 is 5.32 Å². The molecular weight excluding hydrogens is 348 g/mol. The smallest absolute Gasteiger partial charge is 0.257 e. The van der Waals surface area contributed by atoms with E-state index in [0.717, 1.165) is 26.9 Å². The fourth-order valence-electron chi connectivity index (χ4n) is 2.56. The Kier molecular flexibility index (Phi) is 4.18. The van der Waals surface area contributed by atoms with E-state index in [0.29, 0.717) is 11.3 Å². The fourth-order valence-corrected chi connectivity index (χ4v) is 3.63. The number of pyridine rings is 1. The van der Waals surface area contributed by atoms with Gasteiger partial charge in [0.2, 0.25) is 5.95 Å². The fraction of sp³-hybridized carbons (Fsp3) is 0.0500. The van der Waals surface area contributed by atoms with E-state index in [9.17, 15) is 9.18 Å². The molecule has 0 unspecified atom stereocenters. The minimum Gasteiger partial charge on any atom is -0.322 e. The zero-order chi connectivity index (χ0) is 18.1. The van der Waals surface area contributed by atoms with Crippen molar-refractivity contribution in [1.82, 2.24) is 9.97 Å². The predicted molar refractivity (Wildman–Crippen MR) is 102 cm³/mol. The van der Waals surface area contributed by atoms with Gasteiger partial charge in [-0.15, -0.1) is 11.3 Å². The van der Waals surface area contributed by atoms with Gasteiger partial charge in [0.25, 0.3) is 5.91 Å². The van der Waals surface area contributed by atoms with Crippen molar-refractivity contribution >= 4 is 33.1 Å². The summed E-state index contributed by atoms with van der Waals surface area (Å²) in [7, 11) is 0. The van der Waals surface area contributed by atoms with Gasteiger partial charge in [-0.1, -0.05) is 6.07 Å². The first-order valence-corrected chi connectivity index (χ1v) is 8.81. The molecule has 0 spiro atoms. The normalized spacial score (nSPS) is 10.8. The summed E-state index contributed by atoms with van der Waals surface area (Å²) < 4.78 is 14.0. The van der Waals surface area contributed by atoms with Crippen LogP contribution in [0.5, 0.6) is 0 Å². The number of thiazole rings is 1. The molecular formula is C20H14FN3OS. The van der Waals surface area contributed by atoms with Gasteiger partial charge < -0.3 is 5.32 Å². The topological polar surface area (TPSA) is 54.9 Å². The van der Waals surface area contributed by atoms with Gasteiger partial charge in [-0.2, -0.15) is 4.39 Å². The molecule has 0 aliphatic carbocycles. The Labute approximate surface area is 153 Å². The van der Waals surface area contributed by atoms with Gasteiger partial charge in [-0.05, 0) is 61.0 Å². The van der Waals surface area contributed by atoms with Crippen LogP contribution in [-0.4, -0.2) is 15.9 Å². The highest BCUT2D eigenvalue weighted by molar-refractivity contribution is 7.21. The van der Waals surface area contributed by atoms with Crippen LogP contribution in [0.2, 0.25) is 0 Å². The molecule has 1 amide bonds. The summed E-state index contributed by atoms with van der Waals surface area (Å²) in [6.45, 7) is 2.06. The first kappa shape index (κ1) is 16.4. The van der Waals surface area contributed by atoms with Crippen molar-refractivity contribution in [2.24, 2.45) is 0 Å². The second-order valence-corrected chi connectivity index (χ2v) is 6.92. The maximum absolute atomic E-state index is 12.8. The van der Waals surface area contributed by atoms with Crippen molar-refractivity contribution in [2.75, 3.05) is 5.32 Å². The summed E-state index contributed by atoms with van der Waals surface area (Å²) >= 11 is 1.64. The van der Waals surface area contributed by atoms with Crippen molar-refractivity contribution in [3.05, 3.63) is 77.9 Å². The first-order chi connectivity index (χ1) is 12.6. The number of aryl methyl sites for hydroxylation is 1. The van der Waals surface area contributed by atoms with Gasteiger partial charge in [0.05, 0.1) is 15.8 Å². The summed E-state index contributed by atoms with van der Waals surface area (Å²) in [6, 6.07) is 16.2. The Morgan fingerprint density at radius 3 is 2.62 bits per heavy atom. The largest absolute Gasteiger partial charge is 0.322 e. The zero-order valence-corrected chi connectivity index (χ0v) is 14.7. The summed E-state index contributed by atoms with van der Waals surface area (Å²) in [6.07, 6.45) is 1.21. The van der Waals surface area contributed by atoms with E-state index >= 15 is 0 Å². The van der Waals surface area contributed by atoms with E-state index in [1.165, 1.54) is 17.8 Å². The maximum Gasteiger partial charge on any atom is 0.257 e. The average Bonchev–Trinajstić information content (AvgIpc) is 3.06. The molecule has 2 aromatic heterocycles. The van der Waals surface area contributed by atoms with Gasteiger partial charge in [0.1, 0.15) is 5.01 Å². The van der Waals surface area contributed by atoms with Crippen LogP contribution in [-0.2, 0) is 0 Å². The molecule has 0 fully saturated rings. The number of benzene rings is 2. The molecule has 4 rings (SSSR count). The van der Waals surface area contributed by atoms with Crippen molar-refractivity contribution in [3.63, 3.8) is 0 Å². The summed E-state index contributed by atoms with van der Waals surface area (Å²) in [5.74, 6) is -0.947. The van der Waals surface area contributed by atoms with E-state index in [1.54, 1.807) is 11.3 Å². The second-order valence-electron chi connectivity index (χ2n) is 5.89. The number of amides is 1. The van der Waals surface area contributed by atoms with Crippen LogP contribution in [0.15, 0.2) is 60.8 Å². The van der Waals surface area contributed by atoms with Crippen LogP contribution in [0.3, 0.4) is 0 Å². The Hall–Kier alpha value is -3.12. The highest BCUT2D eigenvalue weighted by Crippen LogP contribution is 2.31. The molecule has 2 aromatic carbocycles. The van der Waals surface area contributed by atoms with E-state index in [2.05, 4.69) is 34.3 Å². The minimum absolute atomic E-state index is 0.303. The minimum atomic E-state index is -0.614. The number of hydrogen-bond acceptors (Lipinski definition) is 4. The van der Waals surface area contributed by atoms with Gasteiger partial charge in [-0.3, -0.25) is 4.79 Å². The van der Waals surface area contributed by atoms with Crippen LogP contribution in [0.4, 0.5) is 10.1 Å². The number of hydrogen-bond donors (Lipinski definition) is 1. The molecule has 0 radical (unpaired) electrons. The third-order valence-electron chi connectivity index (χ3n) is 3.92. The first-order valence-electron chi connectivity index (χ1n) is 7.99. The van der Waals surface area contributed by atoms with Crippen molar-refractivity contribution < 1.29 is 9.18 Å². The van der Waals surface area contributed by atoms with E-state index in [4.69, 9.17) is 0 Å². The maximum atomic E-state index is 12.8. The molecule has 4 aromatic rings. The second kappa shape index (κ2) is 6.65. The molecule has 0 saturated carbocycles. The predicted octanol–water partition coefficient (Wildman–Crippen LogP) is 5.06. The number of aromatic nitrogens is 2. The Bertz CT molecular complexity index is 1090. The van der Waals surface area contributed by atoms with E-state index in [-0.39, 0.29) is 5.91 Å². The molecule has 1 N–H and O–H groups in total. The Morgan fingerprint density at radius 1 is 1.08 bits per heavy atom. The lowest BCUT2D eigenvalue weighted by molar-refractivity contribution is 0.102. The molecule has 4 nitrogen and oxygen atoms in total. The third kappa shape index (κ3) is 3.32. The molecule has 128 valence electrons. The number of carbonyl (C=O) groups excluding carboxylic acids is 1. The van der Waals surface area contributed by atoms with Crippen LogP contribution in [0.25, 0.3) is 20.8 Å². The lowest BCUT2D eigenvalue weighted by Crippen LogP contribution is -2.12. The van der Waals surface area contributed by atoms with Gasteiger partial charge >= 0.3 is 0 Å². The highest BCUT2D eigenvalue weighted by Gasteiger charge is 2.09. The lowest BCUT2D eigenvalue weighted by Gasteiger charge is -2.05. The number of rotatable bonds is 3.